The summed E-state index contributed by atoms with van der Waals surface area (Å²) in [5, 5.41) is 22.9. The Morgan fingerprint density at radius 3 is 2.66 bits per heavy atom. The SMILES string of the molecule is Cc1cc(N(C(=O)Cn2nnc3ccccc32)[C@H](C(=O)NC[C@H]2CCCO2)c2ccccc2)ccc1-n1cnnn1. The van der Waals surface area contributed by atoms with Gasteiger partial charge < -0.3 is 10.1 Å². The number of para-hydroxylation sites is 1. The van der Waals surface area contributed by atoms with Gasteiger partial charge in [0.05, 0.1) is 17.3 Å². The first kappa shape index (κ1) is 26.3. The molecular formula is C29H29N9O3. The monoisotopic (exact) mass is 551 g/mol. The molecule has 0 radical (unpaired) electrons. The molecule has 5 aromatic rings. The number of tetrazole rings is 1. The van der Waals surface area contributed by atoms with Gasteiger partial charge in [-0.25, -0.2) is 9.36 Å². The molecule has 1 aliphatic rings. The molecule has 2 atom stereocenters. The van der Waals surface area contributed by atoms with Crippen molar-refractivity contribution >= 4 is 28.5 Å². The van der Waals surface area contributed by atoms with E-state index in [1.165, 1.54) is 11.2 Å². The average molecular weight is 552 g/mol. The Kier molecular flexibility index (Phi) is 7.46. The van der Waals surface area contributed by atoms with E-state index in [1.807, 2.05) is 73.7 Å². The fraction of sp³-hybridized carbons (Fsp3) is 0.276. The molecule has 0 saturated carbocycles. The third-order valence-corrected chi connectivity index (χ3v) is 7.18. The quantitative estimate of drug-likeness (QED) is 0.296. The highest BCUT2D eigenvalue weighted by atomic mass is 16.5. The largest absolute Gasteiger partial charge is 0.376 e. The van der Waals surface area contributed by atoms with E-state index in [4.69, 9.17) is 4.74 Å². The third kappa shape index (κ3) is 5.54. The smallest absolute Gasteiger partial charge is 0.249 e. The van der Waals surface area contributed by atoms with E-state index < -0.39 is 6.04 Å². The van der Waals surface area contributed by atoms with Crippen molar-refractivity contribution < 1.29 is 14.3 Å². The number of rotatable bonds is 9. The van der Waals surface area contributed by atoms with Crippen LogP contribution in [0.1, 0.15) is 30.0 Å². The van der Waals surface area contributed by atoms with Gasteiger partial charge in [-0.1, -0.05) is 47.7 Å². The molecule has 1 fully saturated rings. The van der Waals surface area contributed by atoms with Gasteiger partial charge >= 0.3 is 0 Å². The number of nitrogens with one attached hydrogen (secondary N) is 1. The Bertz CT molecular complexity index is 1650. The van der Waals surface area contributed by atoms with E-state index in [1.54, 1.807) is 15.4 Å². The van der Waals surface area contributed by atoms with Crippen LogP contribution in [-0.2, 0) is 20.9 Å². The predicted molar refractivity (Wildman–Crippen MR) is 150 cm³/mol. The van der Waals surface area contributed by atoms with E-state index in [0.717, 1.165) is 29.6 Å². The number of carbonyl (C=O) groups is 2. The van der Waals surface area contributed by atoms with Crippen LogP contribution in [0.4, 0.5) is 5.69 Å². The van der Waals surface area contributed by atoms with Gasteiger partial charge in [0.2, 0.25) is 11.8 Å². The molecule has 0 spiro atoms. The summed E-state index contributed by atoms with van der Waals surface area (Å²) in [7, 11) is 0. The number of anilines is 1. The van der Waals surface area contributed by atoms with Crippen LogP contribution in [0.25, 0.3) is 16.7 Å². The lowest BCUT2D eigenvalue weighted by atomic mass is 10.0. The van der Waals surface area contributed by atoms with E-state index in [-0.39, 0.29) is 24.5 Å². The molecular weight excluding hydrogens is 522 g/mol. The fourth-order valence-corrected chi connectivity index (χ4v) is 5.16. The number of amides is 2. The summed E-state index contributed by atoms with van der Waals surface area (Å²) in [5.74, 6) is -0.623. The van der Waals surface area contributed by atoms with Gasteiger partial charge in [-0.3, -0.25) is 14.5 Å². The third-order valence-electron chi connectivity index (χ3n) is 7.18. The summed E-state index contributed by atoms with van der Waals surface area (Å²) in [6.07, 6.45) is 3.31. The van der Waals surface area contributed by atoms with Crippen LogP contribution in [0.2, 0.25) is 0 Å². The van der Waals surface area contributed by atoms with Crippen LogP contribution in [0.5, 0.6) is 0 Å². The van der Waals surface area contributed by atoms with Gasteiger partial charge in [0, 0.05) is 18.8 Å². The van der Waals surface area contributed by atoms with Gasteiger partial charge in [-0.2, -0.15) is 0 Å². The Hall–Kier alpha value is -4.97. The van der Waals surface area contributed by atoms with Gasteiger partial charge in [0.25, 0.3) is 0 Å². The van der Waals surface area contributed by atoms with Crippen LogP contribution in [0.3, 0.4) is 0 Å². The molecule has 12 nitrogen and oxygen atoms in total. The zero-order valence-corrected chi connectivity index (χ0v) is 22.5. The topological polar surface area (TPSA) is 133 Å². The van der Waals surface area contributed by atoms with E-state index in [0.29, 0.717) is 29.9 Å². The number of aryl methyl sites for hydroxylation is 1. The first-order chi connectivity index (χ1) is 20.1. The zero-order chi connectivity index (χ0) is 28.2. The number of fused-ring (bicyclic) bond motifs is 1. The maximum absolute atomic E-state index is 14.3. The van der Waals surface area contributed by atoms with Crippen molar-refractivity contribution in [2.75, 3.05) is 18.1 Å². The Balaban J connectivity index is 1.41. The summed E-state index contributed by atoms with van der Waals surface area (Å²) in [5.41, 5.74) is 4.22. The first-order valence-corrected chi connectivity index (χ1v) is 13.5. The molecule has 0 aliphatic carbocycles. The predicted octanol–water partition coefficient (Wildman–Crippen LogP) is 2.79. The molecule has 6 rings (SSSR count). The minimum Gasteiger partial charge on any atom is -0.376 e. The molecule has 1 saturated heterocycles. The molecule has 2 aromatic heterocycles. The molecule has 208 valence electrons. The molecule has 3 heterocycles. The van der Waals surface area contributed by atoms with Crippen molar-refractivity contribution in [1.29, 1.82) is 0 Å². The zero-order valence-electron chi connectivity index (χ0n) is 22.5. The lowest BCUT2D eigenvalue weighted by Gasteiger charge is -2.32. The maximum atomic E-state index is 14.3. The molecule has 12 heteroatoms. The molecule has 0 unspecified atom stereocenters. The lowest BCUT2D eigenvalue weighted by molar-refractivity contribution is -0.127. The summed E-state index contributed by atoms with van der Waals surface area (Å²) in [6, 6.07) is 21.3. The summed E-state index contributed by atoms with van der Waals surface area (Å²) < 4.78 is 8.83. The Morgan fingerprint density at radius 2 is 1.90 bits per heavy atom. The van der Waals surface area contributed by atoms with E-state index in [2.05, 4.69) is 31.2 Å². The van der Waals surface area contributed by atoms with Crippen LogP contribution in [0, 0.1) is 6.92 Å². The van der Waals surface area contributed by atoms with Crippen molar-refractivity contribution in [1.82, 2.24) is 40.5 Å². The standard InChI is InChI=1S/C29H29N9O3/c1-20-16-22(13-14-25(20)37-19-31-33-35-37)38(27(39)18-36-26-12-6-5-11-24(26)32-34-36)28(21-8-3-2-4-9-21)29(40)30-17-23-10-7-15-41-23/h2-6,8-9,11-14,16,19,23,28H,7,10,15,17-18H2,1H3,(H,30,40)/t23-,28+/m1/s1. The highest BCUT2D eigenvalue weighted by molar-refractivity contribution is 6.01. The van der Waals surface area contributed by atoms with Crippen LogP contribution >= 0.6 is 0 Å². The van der Waals surface area contributed by atoms with E-state index >= 15 is 0 Å². The number of hydrogen-bond acceptors (Lipinski definition) is 8. The fourth-order valence-electron chi connectivity index (χ4n) is 5.16. The van der Waals surface area contributed by atoms with Crippen molar-refractivity contribution in [2.24, 2.45) is 0 Å². The summed E-state index contributed by atoms with van der Waals surface area (Å²) in [4.78, 5) is 29.7. The van der Waals surface area contributed by atoms with Gasteiger partial charge in [-0.05, 0) is 71.7 Å². The van der Waals surface area contributed by atoms with Gasteiger partial charge in [-0.15, -0.1) is 10.2 Å². The van der Waals surface area contributed by atoms with Crippen LogP contribution in [-0.4, -0.2) is 66.3 Å². The lowest BCUT2D eigenvalue weighted by Crippen LogP contribution is -2.46. The molecule has 3 aromatic carbocycles. The second kappa shape index (κ2) is 11.6. The minimum absolute atomic E-state index is 0.0427. The first-order valence-electron chi connectivity index (χ1n) is 13.5. The number of nitrogens with zero attached hydrogens (tertiary/aromatic N) is 8. The average Bonchev–Trinajstić information content (AvgIpc) is 3.78. The molecule has 1 aliphatic heterocycles. The van der Waals surface area contributed by atoms with Crippen molar-refractivity contribution in [3.8, 4) is 5.69 Å². The van der Waals surface area contributed by atoms with Crippen LogP contribution < -0.4 is 10.2 Å². The van der Waals surface area contributed by atoms with Crippen molar-refractivity contribution in [3.05, 3.63) is 90.3 Å². The molecule has 1 N–H and O–H groups in total. The van der Waals surface area contributed by atoms with Crippen molar-refractivity contribution in [2.45, 2.75) is 38.5 Å². The van der Waals surface area contributed by atoms with Gasteiger partial charge in [0.15, 0.2) is 0 Å². The summed E-state index contributed by atoms with van der Waals surface area (Å²) >= 11 is 0. The molecule has 0 bridgehead atoms. The number of ether oxygens (including phenoxy) is 1. The Morgan fingerprint density at radius 1 is 1.07 bits per heavy atom. The number of hydrogen-bond donors (Lipinski definition) is 1. The van der Waals surface area contributed by atoms with Crippen molar-refractivity contribution in [3.63, 3.8) is 0 Å². The van der Waals surface area contributed by atoms with Gasteiger partial charge in [0.1, 0.15) is 24.4 Å². The highest BCUT2D eigenvalue weighted by Gasteiger charge is 2.34. The molecule has 41 heavy (non-hydrogen) atoms. The number of aromatic nitrogens is 7. The second-order valence-electron chi connectivity index (χ2n) is 9.92. The maximum Gasteiger partial charge on any atom is 0.249 e. The Labute approximate surface area is 235 Å². The minimum atomic E-state index is -0.946. The van der Waals surface area contributed by atoms with Crippen LogP contribution in [0.15, 0.2) is 79.1 Å². The molecule has 2 amide bonds. The van der Waals surface area contributed by atoms with E-state index in [9.17, 15) is 9.59 Å². The number of benzene rings is 3. The highest BCUT2D eigenvalue weighted by Crippen LogP contribution is 2.31. The number of carbonyl (C=O) groups excluding carboxylic acids is 2. The second-order valence-corrected chi connectivity index (χ2v) is 9.92. The normalized spacial score (nSPS) is 15.6. The summed E-state index contributed by atoms with van der Waals surface area (Å²) in [6.45, 7) is 2.85.